The maximum atomic E-state index is 13.7. The van der Waals surface area contributed by atoms with Crippen LogP contribution in [0.2, 0.25) is 0 Å². The van der Waals surface area contributed by atoms with E-state index in [0.717, 1.165) is 40.6 Å². The minimum Gasteiger partial charge on any atom is -0.465 e. The fraction of sp³-hybridized carbons (Fsp3) is 0.290. The molecule has 2 atom stereocenters. The van der Waals surface area contributed by atoms with Crippen molar-refractivity contribution in [2.24, 2.45) is 0 Å². The van der Waals surface area contributed by atoms with E-state index >= 15 is 0 Å². The maximum absolute atomic E-state index is 13.7. The summed E-state index contributed by atoms with van der Waals surface area (Å²) in [7, 11) is 0. The Kier molecular flexibility index (Phi) is 8.01. The van der Waals surface area contributed by atoms with Gasteiger partial charge in [-0.2, -0.15) is 0 Å². The summed E-state index contributed by atoms with van der Waals surface area (Å²) >= 11 is 0. The molecule has 5 rings (SSSR count). The number of ether oxygens (including phenoxy) is 1. The van der Waals surface area contributed by atoms with Crippen molar-refractivity contribution < 1.29 is 19.4 Å². The van der Waals surface area contributed by atoms with E-state index in [4.69, 9.17) is 14.7 Å². The molecule has 1 fully saturated rings. The van der Waals surface area contributed by atoms with Crippen molar-refractivity contribution in [1.29, 1.82) is 0 Å². The van der Waals surface area contributed by atoms with Gasteiger partial charge in [-0.1, -0.05) is 78.9 Å². The number of hydrogen-bond donors (Lipinski definition) is 1. The summed E-state index contributed by atoms with van der Waals surface area (Å²) in [6.07, 6.45) is 1.15. The van der Waals surface area contributed by atoms with E-state index in [1.54, 1.807) is 0 Å². The van der Waals surface area contributed by atoms with Crippen molar-refractivity contribution in [2.75, 3.05) is 4.90 Å². The van der Waals surface area contributed by atoms with Crippen LogP contribution in [0.15, 0.2) is 84.9 Å². The number of hydrogen-bond acceptors (Lipinski definition) is 5. The fourth-order valence-corrected chi connectivity index (χ4v) is 5.30. The van der Waals surface area contributed by atoms with Crippen molar-refractivity contribution in [3.8, 4) is 0 Å². The molecular formula is C31H32N4O4. The Morgan fingerprint density at radius 1 is 0.872 bits per heavy atom. The minimum absolute atomic E-state index is 0.119. The molecule has 4 aromatic rings. The van der Waals surface area contributed by atoms with Crippen LogP contribution in [0.3, 0.4) is 0 Å². The highest BCUT2D eigenvalue weighted by atomic mass is 16.6. The molecular weight excluding hydrogens is 492 g/mol. The van der Waals surface area contributed by atoms with E-state index in [9.17, 15) is 14.7 Å². The average molecular weight is 525 g/mol. The van der Waals surface area contributed by atoms with Crippen LogP contribution in [0.5, 0.6) is 0 Å². The van der Waals surface area contributed by atoms with Crippen LogP contribution in [0.25, 0.3) is 10.9 Å². The molecule has 0 unspecified atom stereocenters. The van der Waals surface area contributed by atoms with Gasteiger partial charge in [-0.05, 0) is 49.8 Å². The van der Waals surface area contributed by atoms with Crippen molar-refractivity contribution in [2.45, 2.75) is 57.8 Å². The van der Waals surface area contributed by atoms with Gasteiger partial charge in [0.15, 0.2) is 0 Å². The summed E-state index contributed by atoms with van der Waals surface area (Å²) in [6.45, 7) is 2.31. The number of aromatic nitrogens is 2. The number of amides is 2. The van der Waals surface area contributed by atoms with Crippen LogP contribution in [0.1, 0.15) is 42.5 Å². The van der Waals surface area contributed by atoms with Gasteiger partial charge in [0.1, 0.15) is 6.61 Å². The molecule has 8 nitrogen and oxygen atoms in total. The molecule has 3 aromatic carbocycles. The quantitative estimate of drug-likeness (QED) is 0.294. The predicted molar refractivity (Wildman–Crippen MR) is 149 cm³/mol. The van der Waals surface area contributed by atoms with Gasteiger partial charge in [0, 0.05) is 24.0 Å². The zero-order valence-electron chi connectivity index (χ0n) is 21.9. The summed E-state index contributed by atoms with van der Waals surface area (Å²) in [5.41, 5.74) is 3.31. The van der Waals surface area contributed by atoms with Gasteiger partial charge in [0.2, 0.25) is 5.95 Å². The summed E-state index contributed by atoms with van der Waals surface area (Å²) in [4.78, 5) is 38.5. The number of nitrogens with zero attached hydrogens (tertiary/aromatic N) is 4. The number of fused-ring (bicyclic) bond motifs is 1. The van der Waals surface area contributed by atoms with Crippen molar-refractivity contribution in [1.82, 2.24) is 14.9 Å². The molecule has 200 valence electrons. The number of benzene rings is 3. The van der Waals surface area contributed by atoms with Crippen molar-refractivity contribution >= 4 is 29.0 Å². The zero-order chi connectivity index (χ0) is 27.2. The number of para-hydroxylation sites is 1. The maximum Gasteiger partial charge on any atom is 0.417 e. The molecule has 0 radical (unpaired) electrons. The van der Waals surface area contributed by atoms with E-state index < -0.39 is 12.2 Å². The van der Waals surface area contributed by atoms with Crippen LogP contribution in [-0.4, -0.2) is 44.2 Å². The molecule has 1 aliphatic rings. The average Bonchev–Trinajstić information content (AvgIpc) is 2.96. The highest BCUT2D eigenvalue weighted by Crippen LogP contribution is 2.31. The largest absolute Gasteiger partial charge is 0.465 e. The molecule has 1 heterocycles. The number of carboxylic acid groups (broad SMARTS) is 1. The van der Waals surface area contributed by atoms with Gasteiger partial charge in [-0.25, -0.2) is 24.5 Å². The molecule has 1 aliphatic carbocycles. The topological polar surface area (TPSA) is 95.9 Å². The number of rotatable bonds is 7. The zero-order valence-corrected chi connectivity index (χ0v) is 21.9. The summed E-state index contributed by atoms with van der Waals surface area (Å²) in [5, 5.41) is 11.0. The second-order valence-corrected chi connectivity index (χ2v) is 9.91. The third-order valence-corrected chi connectivity index (χ3v) is 7.27. The van der Waals surface area contributed by atoms with Crippen molar-refractivity contribution in [3.05, 3.63) is 102 Å². The molecule has 0 bridgehead atoms. The third-order valence-electron chi connectivity index (χ3n) is 7.27. The smallest absolute Gasteiger partial charge is 0.417 e. The molecule has 8 heteroatoms. The van der Waals surface area contributed by atoms with Crippen LogP contribution in [0.4, 0.5) is 15.5 Å². The molecule has 2 amide bonds. The summed E-state index contributed by atoms with van der Waals surface area (Å²) < 4.78 is 5.77. The second-order valence-electron chi connectivity index (χ2n) is 9.91. The lowest BCUT2D eigenvalue weighted by atomic mass is 9.89. The standard InChI is InChI=1S/C31H32N4O4/c1-22-27-17-8-9-18-28(27)33-29(32-22)35(31(38)39-21-24-13-6-3-7-14-24)26-16-10-15-25(19-26)34(30(36)37)20-23-11-4-2-5-12-23/h2-9,11-14,17-18,25-26H,10,15-16,19-21H2,1H3,(H,36,37)/t25-,26-/m0/s1. The lowest BCUT2D eigenvalue weighted by Gasteiger charge is -2.39. The SMILES string of the molecule is Cc1nc(N(C(=O)OCc2ccccc2)[C@H]2CCC[C@H](N(Cc3ccccc3)C(=O)O)C2)nc2ccccc12. The fourth-order valence-electron chi connectivity index (χ4n) is 5.30. The van der Waals surface area contributed by atoms with E-state index in [1.165, 1.54) is 9.80 Å². The number of anilines is 1. The molecule has 1 saturated carbocycles. The Labute approximate surface area is 227 Å². The summed E-state index contributed by atoms with van der Waals surface area (Å²) in [5.74, 6) is 0.278. The van der Waals surface area contributed by atoms with Gasteiger partial charge >= 0.3 is 12.2 Å². The Morgan fingerprint density at radius 3 is 2.23 bits per heavy atom. The monoisotopic (exact) mass is 524 g/mol. The minimum atomic E-state index is -0.972. The second kappa shape index (κ2) is 11.9. The first-order chi connectivity index (χ1) is 19.0. The molecule has 39 heavy (non-hydrogen) atoms. The lowest BCUT2D eigenvalue weighted by molar-refractivity contribution is 0.100. The van der Waals surface area contributed by atoms with Gasteiger partial charge in [-0.3, -0.25) is 0 Å². The van der Waals surface area contributed by atoms with E-state index in [1.807, 2.05) is 91.9 Å². The first-order valence-corrected chi connectivity index (χ1v) is 13.3. The molecule has 1 N–H and O–H groups in total. The van der Waals surface area contributed by atoms with Gasteiger partial charge in [0.25, 0.3) is 0 Å². The molecule has 0 aliphatic heterocycles. The number of aryl methyl sites for hydroxylation is 1. The highest BCUT2D eigenvalue weighted by molar-refractivity contribution is 5.89. The molecule has 0 saturated heterocycles. The van der Waals surface area contributed by atoms with E-state index in [0.29, 0.717) is 12.8 Å². The van der Waals surface area contributed by atoms with Crippen LogP contribution >= 0.6 is 0 Å². The first-order valence-electron chi connectivity index (χ1n) is 13.3. The Morgan fingerprint density at radius 2 is 1.51 bits per heavy atom. The van der Waals surface area contributed by atoms with Crippen LogP contribution in [0, 0.1) is 6.92 Å². The number of carbonyl (C=O) groups is 2. The first kappa shape index (κ1) is 26.2. The number of carbonyl (C=O) groups excluding carboxylic acids is 1. The van der Waals surface area contributed by atoms with Gasteiger partial charge in [0.05, 0.1) is 11.2 Å². The Hall–Kier alpha value is -4.46. The van der Waals surface area contributed by atoms with E-state index in [-0.39, 0.29) is 31.2 Å². The van der Waals surface area contributed by atoms with Gasteiger partial charge in [-0.15, -0.1) is 0 Å². The third kappa shape index (κ3) is 6.17. The van der Waals surface area contributed by atoms with Crippen LogP contribution in [-0.2, 0) is 17.9 Å². The molecule has 1 aromatic heterocycles. The highest BCUT2D eigenvalue weighted by Gasteiger charge is 2.37. The Balaban J connectivity index is 1.44. The lowest BCUT2D eigenvalue weighted by Crippen LogP contribution is -2.50. The van der Waals surface area contributed by atoms with Crippen LogP contribution < -0.4 is 4.90 Å². The van der Waals surface area contributed by atoms with Crippen molar-refractivity contribution in [3.63, 3.8) is 0 Å². The summed E-state index contributed by atoms with van der Waals surface area (Å²) in [6, 6.07) is 26.2. The van der Waals surface area contributed by atoms with Gasteiger partial charge < -0.3 is 14.7 Å². The predicted octanol–water partition coefficient (Wildman–Crippen LogP) is 6.57. The normalized spacial score (nSPS) is 16.9. The molecule has 0 spiro atoms. The van der Waals surface area contributed by atoms with E-state index in [2.05, 4.69) is 0 Å². The Bertz CT molecular complexity index is 1430.